The second-order valence-corrected chi connectivity index (χ2v) is 24.1. The molecule has 4 aromatic carbocycles. The molecule has 0 spiro atoms. The van der Waals surface area contributed by atoms with Crippen molar-refractivity contribution in [3.8, 4) is 0 Å². The highest BCUT2D eigenvalue weighted by atomic mass is 32.2. The van der Waals surface area contributed by atoms with Crippen LogP contribution in [0.5, 0.6) is 0 Å². The lowest BCUT2D eigenvalue weighted by Gasteiger charge is -2.31. The minimum atomic E-state index is -5.05. The Hall–Kier alpha value is -5.06. The molecule has 20 heteroatoms. The number of anilines is 1. The Labute approximate surface area is 399 Å². The molecule has 68 heavy (non-hydrogen) atoms. The summed E-state index contributed by atoms with van der Waals surface area (Å²) in [5.41, 5.74) is 2.31. The highest BCUT2D eigenvalue weighted by Crippen LogP contribution is 2.52. The summed E-state index contributed by atoms with van der Waals surface area (Å²) in [7, 11) is -18.1. The third-order valence-electron chi connectivity index (χ3n) is 12.9. The largest absolute Gasteiger partial charge is 0.481 e. The van der Waals surface area contributed by atoms with Crippen molar-refractivity contribution < 1.29 is 57.2 Å². The first-order valence-electron chi connectivity index (χ1n) is 22.1. The van der Waals surface area contributed by atoms with E-state index in [1.165, 1.54) is 30.5 Å². The molecule has 0 aliphatic carbocycles. The molecule has 0 bridgehead atoms. The maximum Gasteiger partial charge on any atom is 0.303 e. The first-order chi connectivity index (χ1) is 31.6. The van der Waals surface area contributed by atoms with Crippen LogP contribution in [0.2, 0.25) is 0 Å². The SMILES string of the molecule is CCN(CC)CCCC1(C)C(=CC=CC=CC2=[N+](c3cccc(S(=O)(=O)O)c3)c3cc(S(=O)(=O)O)c4cc(S(=O)(=O)O)ccc4c3C2(C)C)N(CCCCCC(=O)O)c2ccc(S(C)(=O)=O)cc21. The number of rotatable bonds is 20. The quantitative estimate of drug-likeness (QED) is 0.0283. The molecule has 1 unspecified atom stereocenters. The Morgan fingerprint density at radius 2 is 1.40 bits per heavy atom. The molecular weight excluding hydrogens is 955 g/mol. The second kappa shape index (κ2) is 19.7. The molecule has 2 aliphatic heterocycles. The summed E-state index contributed by atoms with van der Waals surface area (Å²) in [5.74, 6) is -0.868. The maximum absolute atomic E-state index is 13.0. The standard InChI is InChI=1S/C48H57N3O13S4/c1-7-49(8-2)27-16-26-48(5)39-31-34(65(6,54)55)23-25-40(39)50(28-14-10-13-21-45(52)53)44(48)20-12-9-11-19-43-47(3,4)46-37-24-22-36(67(59,60)61)30-38(37)42(68(62,63)64)32-41(46)51(43)33-17-15-18-35(29-33)66(56,57)58/h9,11-12,15,17-20,22-25,29-32H,7-8,10,13-14,16,21,26-28H2,1-6H3,(H3-,52,53,56,57,58,59,60,61,62,63,64)/p+1. The predicted molar refractivity (Wildman–Crippen MR) is 263 cm³/mol. The van der Waals surface area contributed by atoms with Crippen molar-refractivity contribution in [3.05, 3.63) is 114 Å². The van der Waals surface area contributed by atoms with E-state index < -0.39 is 71.7 Å². The Morgan fingerprint density at radius 1 is 0.735 bits per heavy atom. The fourth-order valence-electron chi connectivity index (χ4n) is 9.49. The van der Waals surface area contributed by atoms with Gasteiger partial charge in [0.25, 0.3) is 30.4 Å². The van der Waals surface area contributed by atoms with Gasteiger partial charge in [-0.05, 0) is 120 Å². The number of hydrogen-bond donors (Lipinski definition) is 4. The number of fused-ring (bicyclic) bond motifs is 4. The summed E-state index contributed by atoms with van der Waals surface area (Å²) >= 11 is 0. The number of aliphatic carboxylic acids is 1. The molecule has 4 N–H and O–H groups in total. The molecule has 0 fully saturated rings. The fourth-order valence-corrected chi connectivity index (χ4v) is 11.9. The van der Waals surface area contributed by atoms with E-state index >= 15 is 0 Å². The zero-order valence-electron chi connectivity index (χ0n) is 38.7. The van der Waals surface area contributed by atoms with Gasteiger partial charge in [-0.3, -0.25) is 18.5 Å². The number of hydrogen-bond acceptors (Lipinski definition) is 11. The topological polar surface area (TPSA) is 244 Å². The lowest BCUT2D eigenvalue weighted by Crippen LogP contribution is -2.31. The number of carboxylic acid groups (broad SMARTS) is 1. The summed E-state index contributed by atoms with van der Waals surface area (Å²) in [6.07, 6.45) is 13.6. The van der Waals surface area contributed by atoms with E-state index in [4.69, 9.17) is 0 Å². The van der Waals surface area contributed by atoms with Crippen molar-refractivity contribution in [3.63, 3.8) is 0 Å². The van der Waals surface area contributed by atoms with E-state index in [0.717, 1.165) is 61.2 Å². The third-order valence-corrected chi connectivity index (χ3v) is 16.6. The summed E-state index contributed by atoms with van der Waals surface area (Å²) in [5, 5.41) is 9.28. The van der Waals surface area contributed by atoms with Gasteiger partial charge in [0.2, 0.25) is 11.4 Å². The van der Waals surface area contributed by atoms with Gasteiger partial charge >= 0.3 is 5.97 Å². The molecule has 2 heterocycles. The Balaban J connectivity index is 1.52. The number of carboxylic acids is 1. The summed E-state index contributed by atoms with van der Waals surface area (Å²) in [6.45, 7) is 13.1. The fraction of sp³-hybridized carbons (Fsp3) is 0.375. The van der Waals surface area contributed by atoms with Gasteiger partial charge in [-0.15, -0.1) is 0 Å². The number of benzene rings is 4. The number of carbonyl (C=O) groups is 1. The lowest BCUT2D eigenvalue weighted by molar-refractivity contribution is -0.137. The maximum atomic E-state index is 13.0. The van der Waals surface area contributed by atoms with Crippen LogP contribution in [0, 0.1) is 0 Å². The molecule has 0 saturated heterocycles. The number of allylic oxidation sites excluding steroid dienone is 6. The van der Waals surface area contributed by atoms with Crippen molar-refractivity contribution in [2.75, 3.05) is 37.3 Å². The minimum absolute atomic E-state index is 0.0479. The van der Waals surface area contributed by atoms with Crippen molar-refractivity contribution in [2.45, 2.75) is 104 Å². The van der Waals surface area contributed by atoms with Crippen LogP contribution < -0.4 is 9.48 Å². The van der Waals surface area contributed by atoms with Crippen LogP contribution in [0.3, 0.4) is 0 Å². The normalized spacial score (nSPS) is 18.2. The van der Waals surface area contributed by atoms with Crippen LogP contribution in [0.25, 0.3) is 10.8 Å². The van der Waals surface area contributed by atoms with Crippen LogP contribution >= 0.6 is 0 Å². The monoisotopic (exact) mass is 1010 g/mol. The van der Waals surface area contributed by atoms with Gasteiger partial charge in [0, 0.05) is 71.2 Å². The molecule has 2 aliphatic rings. The summed E-state index contributed by atoms with van der Waals surface area (Å²) in [6, 6.07) is 15.1. The average Bonchev–Trinajstić information content (AvgIpc) is 3.62. The number of sulfone groups is 1. The molecule has 6 rings (SSSR count). The second-order valence-electron chi connectivity index (χ2n) is 17.8. The average molecular weight is 1010 g/mol. The van der Waals surface area contributed by atoms with Crippen LogP contribution in [0.1, 0.15) is 84.3 Å². The van der Waals surface area contributed by atoms with Crippen LogP contribution in [0.15, 0.2) is 122 Å². The zero-order chi connectivity index (χ0) is 50.2. The first-order valence-corrected chi connectivity index (χ1v) is 28.3. The predicted octanol–water partition coefficient (Wildman–Crippen LogP) is 8.09. The van der Waals surface area contributed by atoms with E-state index in [1.54, 1.807) is 41.0 Å². The van der Waals surface area contributed by atoms with Gasteiger partial charge in [0.15, 0.2) is 15.5 Å². The molecule has 0 amide bonds. The van der Waals surface area contributed by atoms with Crippen LogP contribution in [0.4, 0.5) is 17.1 Å². The van der Waals surface area contributed by atoms with Crippen molar-refractivity contribution >= 4 is 79.7 Å². The van der Waals surface area contributed by atoms with Crippen molar-refractivity contribution in [1.82, 2.24) is 9.48 Å². The molecule has 16 nitrogen and oxygen atoms in total. The number of nitrogens with zero attached hydrogens (tertiary/aromatic N) is 3. The Kier molecular flexibility index (Phi) is 15.2. The molecule has 4 aromatic rings. The summed E-state index contributed by atoms with van der Waals surface area (Å²) < 4.78 is 133. The molecule has 1 atom stereocenters. The van der Waals surface area contributed by atoms with Gasteiger partial charge < -0.3 is 14.9 Å². The van der Waals surface area contributed by atoms with Crippen LogP contribution in [-0.4, -0.2) is 101 Å². The van der Waals surface area contributed by atoms with Gasteiger partial charge in [-0.25, -0.2) is 8.42 Å². The highest BCUT2D eigenvalue weighted by molar-refractivity contribution is 7.90. The molecule has 0 saturated carbocycles. The van der Waals surface area contributed by atoms with Gasteiger partial charge in [-0.2, -0.15) is 29.8 Å². The zero-order valence-corrected chi connectivity index (χ0v) is 42.0. The number of unbranched alkanes of at least 4 members (excludes halogenated alkanes) is 2. The minimum Gasteiger partial charge on any atom is -0.481 e. The molecular formula is C48H58N3O13S4+. The van der Waals surface area contributed by atoms with Crippen molar-refractivity contribution in [2.24, 2.45) is 0 Å². The Morgan fingerprint density at radius 3 is 2.01 bits per heavy atom. The first kappa shape index (κ1) is 52.3. The van der Waals surface area contributed by atoms with Gasteiger partial charge in [-0.1, -0.05) is 50.6 Å². The van der Waals surface area contributed by atoms with Gasteiger partial charge in [0.05, 0.1) is 15.2 Å². The highest BCUT2D eigenvalue weighted by Gasteiger charge is 2.48. The molecule has 366 valence electrons. The van der Waals surface area contributed by atoms with E-state index in [2.05, 4.69) is 30.6 Å². The van der Waals surface area contributed by atoms with E-state index in [9.17, 15) is 57.2 Å². The van der Waals surface area contributed by atoms with E-state index in [1.807, 2.05) is 32.1 Å². The van der Waals surface area contributed by atoms with Crippen molar-refractivity contribution in [1.29, 1.82) is 0 Å². The molecule has 0 aromatic heterocycles. The van der Waals surface area contributed by atoms with Crippen LogP contribution in [-0.2, 0) is 55.8 Å². The Bertz CT molecular complexity index is 3250. The summed E-state index contributed by atoms with van der Waals surface area (Å²) in [4.78, 5) is 14.3. The lowest BCUT2D eigenvalue weighted by atomic mass is 9.77. The smallest absolute Gasteiger partial charge is 0.303 e. The third kappa shape index (κ3) is 10.9. The molecule has 0 radical (unpaired) electrons. The van der Waals surface area contributed by atoms with Gasteiger partial charge in [0.1, 0.15) is 9.79 Å². The van der Waals surface area contributed by atoms with E-state index in [0.29, 0.717) is 43.5 Å². The van der Waals surface area contributed by atoms with E-state index in [-0.39, 0.29) is 33.5 Å².